The lowest BCUT2D eigenvalue weighted by atomic mass is 10.2. The second kappa shape index (κ2) is 7.04. The average molecular weight is 375 g/mol. The van der Waals surface area contributed by atoms with Crippen molar-refractivity contribution in [3.63, 3.8) is 0 Å². The molecule has 0 saturated heterocycles. The van der Waals surface area contributed by atoms with Crippen LogP contribution < -0.4 is 20.1 Å². The molecule has 0 radical (unpaired) electrons. The van der Waals surface area contributed by atoms with Gasteiger partial charge in [0.15, 0.2) is 0 Å². The van der Waals surface area contributed by atoms with Crippen LogP contribution in [0.3, 0.4) is 0 Å². The smallest absolute Gasteiger partial charge is 0.286 e. The number of ether oxygens (including phenoxy) is 2. The van der Waals surface area contributed by atoms with Crippen LogP contribution in [0.1, 0.15) is 6.42 Å². The first-order chi connectivity index (χ1) is 12.4. The van der Waals surface area contributed by atoms with E-state index in [0.717, 1.165) is 0 Å². The average Bonchev–Trinajstić information content (AvgIpc) is 2.60. The maximum Gasteiger partial charge on any atom is 0.286 e. The Morgan fingerprint density at radius 3 is 2.42 bits per heavy atom. The van der Waals surface area contributed by atoms with E-state index in [4.69, 9.17) is 9.47 Å². The molecule has 0 fully saturated rings. The van der Waals surface area contributed by atoms with Gasteiger partial charge in [-0.1, -0.05) is 12.1 Å². The summed E-state index contributed by atoms with van der Waals surface area (Å²) in [5.41, 5.74) is 0.860. The highest BCUT2D eigenvalue weighted by molar-refractivity contribution is 7.90. The number of amidine groups is 1. The van der Waals surface area contributed by atoms with Gasteiger partial charge in [0.2, 0.25) is 5.91 Å². The van der Waals surface area contributed by atoms with Gasteiger partial charge in [-0.3, -0.25) is 4.79 Å². The summed E-state index contributed by atoms with van der Waals surface area (Å²) >= 11 is 0. The molecule has 0 bridgehead atoms. The molecular formula is C17H17N3O5S. The summed E-state index contributed by atoms with van der Waals surface area (Å²) in [6, 6.07) is 11.3. The van der Waals surface area contributed by atoms with Gasteiger partial charge < -0.3 is 20.1 Å². The van der Waals surface area contributed by atoms with Gasteiger partial charge in [-0.15, -0.1) is 4.40 Å². The quantitative estimate of drug-likeness (QED) is 0.830. The normalized spacial score (nSPS) is 14.5. The van der Waals surface area contributed by atoms with Gasteiger partial charge in [-0.05, 0) is 12.1 Å². The molecule has 26 heavy (non-hydrogen) atoms. The van der Waals surface area contributed by atoms with Crippen LogP contribution in [0.4, 0.5) is 11.4 Å². The van der Waals surface area contributed by atoms with Crippen molar-refractivity contribution >= 4 is 33.1 Å². The van der Waals surface area contributed by atoms with Crippen LogP contribution in [-0.2, 0) is 14.8 Å². The van der Waals surface area contributed by atoms with Crippen LogP contribution in [0.5, 0.6) is 11.5 Å². The molecule has 0 aliphatic carbocycles. The summed E-state index contributed by atoms with van der Waals surface area (Å²) in [6.07, 6.45) is -0.229. The fraction of sp³-hybridized carbons (Fsp3) is 0.176. The topological polar surface area (TPSA) is 106 Å². The Morgan fingerprint density at radius 1 is 1.12 bits per heavy atom. The Balaban J connectivity index is 1.76. The first kappa shape index (κ1) is 17.7. The van der Waals surface area contributed by atoms with Crippen molar-refractivity contribution in [3.05, 3.63) is 42.5 Å². The van der Waals surface area contributed by atoms with E-state index in [2.05, 4.69) is 15.0 Å². The van der Waals surface area contributed by atoms with Crippen molar-refractivity contribution < 1.29 is 22.7 Å². The zero-order valence-corrected chi connectivity index (χ0v) is 15.0. The lowest BCUT2D eigenvalue weighted by molar-refractivity contribution is -0.115. The number of amides is 1. The van der Waals surface area contributed by atoms with E-state index in [-0.39, 0.29) is 17.2 Å². The minimum Gasteiger partial charge on any atom is -0.497 e. The predicted molar refractivity (Wildman–Crippen MR) is 97.5 cm³/mol. The molecule has 8 nitrogen and oxygen atoms in total. The highest BCUT2D eigenvalue weighted by atomic mass is 32.2. The Bertz CT molecular complexity index is 963. The number of nitrogens with zero attached hydrogens (tertiary/aromatic N) is 1. The van der Waals surface area contributed by atoms with Gasteiger partial charge in [0, 0.05) is 23.9 Å². The number of benzene rings is 2. The Kier molecular flexibility index (Phi) is 4.81. The molecule has 0 atom stereocenters. The SMILES string of the molecule is COc1cc(NC(=O)CC2=NS(=O)(=O)c3ccccc3N2)cc(OC)c1. The zero-order valence-electron chi connectivity index (χ0n) is 14.1. The lowest BCUT2D eigenvalue weighted by Crippen LogP contribution is -2.26. The highest BCUT2D eigenvalue weighted by Gasteiger charge is 2.25. The summed E-state index contributed by atoms with van der Waals surface area (Å²) in [7, 11) is -0.819. The number of sulfonamides is 1. The largest absolute Gasteiger partial charge is 0.497 e. The number of hydrogen-bond donors (Lipinski definition) is 2. The summed E-state index contributed by atoms with van der Waals surface area (Å²) < 4.78 is 38.4. The Hall–Kier alpha value is -3.07. The van der Waals surface area contributed by atoms with E-state index in [0.29, 0.717) is 22.9 Å². The third-order valence-corrected chi connectivity index (χ3v) is 5.01. The molecule has 2 aromatic carbocycles. The third-order valence-electron chi connectivity index (χ3n) is 3.64. The van der Waals surface area contributed by atoms with Crippen LogP contribution in [-0.4, -0.2) is 34.4 Å². The van der Waals surface area contributed by atoms with Crippen molar-refractivity contribution in [3.8, 4) is 11.5 Å². The highest BCUT2D eigenvalue weighted by Crippen LogP contribution is 2.28. The monoisotopic (exact) mass is 375 g/mol. The van der Waals surface area contributed by atoms with Crippen LogP contribution in [0.15, 0.2) is 51.8 Å². The van der Waals surface area contributed by atoms with Crippen LogP contribution in [0.25, 0.3) is 0 Å². The first-order valence-corrected chi connectivity index (χ1v) is 9.08. The van der Waals surface area contributed by atoms with Gasteiger partial charge in [0.1, 0.15) is 22.2 Å². The number of methoxy groups -OCH3 is 2. The number of hydrogen-bond acceptors (Lipinski definition) is 6. The fourth-order valence-electron chi connectivity index (χ4n) is 2.48. The standard InChI is InChI=1S/C17H17N3O5S/c1-24-12-7-11(8-13(9-12)25-2)18-17(21)10-16-19-14-5-3-4-6-15(14)26(22,23)20-16/h3-9H,10H2,1-2H3,(H,18,21)(H,19,20). The van der Waals surface area contributed by atoms with Crippen LogP contribution in [0.2, 0.25) is 0 Å². The van der Waals surface area contributed by atoms with Gasteiger partial charge in [-0.25, -0.2) is 0 Å². The molecule has 0 aromatic heterocycles. The minimum atomic E-state index is -3.83. The predicted octanol–water partition coefficient (Wildman–Crippen LogP) is 2.25. The molecular weight excluding hydrogens is 358 g/mol. The molecule has 0 unspecified atom stereocenters. The number of para-hydroxylation sites is 1. The number of anilines is 2. The molecule has 1 aliphatic rings. The molecule has 2 N–H and O–H groups in total. The summed E-state index contributed by atoms with van der Waals surface area (Å²) in [5.74, 6) is 0.658. The van der Waals surface area contributed by atoms with Crippen molar-refractivity contribution in [1.29, 1.82) is 0 Å². The second-order valence-electron chi connectivity index (χ2n) is 5.46. The fourth-order valence-corrected chi connectivity index (χ4v) is 3.63. The van der Waals surface area contributed by atoms with E-state index in [1.165, 1.54) is 20.3 Å². The van der Waals surface area contributed by atoms with Gasteiger partial charge in [0.25, 0.3) is 10.0 Å². The lowest BCUT2D eigenvalue weighted by Gasteiger charge is -2.17. The van der Waals surface area contributed by atoms with Crippen molar-refractivity contribution in [2.75, 3.05) is 24.9 Å². The number of rotatable bonds is 5. The Labute approximate surface area is 150 Å². The molecule has 9 heteroatoms. The van der Waals surface area contributed by atoms with Crippen molar-refractivity contribution in [1.82, 2.24) is 0 Å². The summed E-state index contributed by atoms with van der Waals surface area (Å²) in [6.45, 7) is 0. The summed E-state index contributed by atoms with van der Waals surface area (Å²) in [4.78, 5) is 12.4. The Morgan fingerprint density at radius 2 is 1.77 bits per heavy atom. The van der Waals surface area contributed by atoms with Gasteiger partial charge in [0.05, 0.1) is 26.3 Å². The first-order valence-electron chi connectivity index (χ1n) is 7.64. The molecule has 2 aromatic rings. The van der Waals surface area contributed by atoms with Gasteiger partial charge in [-0.2, -0.15) is 8.42 Å². The minimum absolute atomic E-state index is 0.0519. The van der Waals surface area contributed by atoms with Gasteiger partial charge >= 0.3 is 0 Å². The van der Waals surface area contributed by atoms with E-state index in [1.54, 1.807) is 36.4 Å². The molecule has 1 amide bonds. The molecule has 0 saturated carbocycles. The van der Waals surface area contributed by atoms with Crippen LogP contribution >= 0.6 is 0 Å². The van der Waals surface area contributed by atoms with E-state index < -0.39 is 15.9 Å². The third kappa shape index (κ3) is 3.77. The van der Waals surface area contributed by atoms with Crippen LogP contribution in [0, 0.1) is 0 Å². The molecule has 0 spiro atoms. The van der Waals surface area contributed by atoms with E-state index in [1.807, 2.05) is 0 Å². The maximum atomic E-state index is 12.3. The number of fused-ring (bicyclic) bond motifs is 1. The number of carbonyl (C=O) groups is 1. The molecule has 1 heterocycles. The molecule has 1 aliphatic heterocycles. The number of carbonyl (C=O) groups excluding carboxylic acids is 1. The van der Waals surface area contributed by atoms with Crippen molar-refractivity contribution in [2.24, 2.45) is 4.40 Å². The zero-order chi connectivity index (χ0) is 18.7. The molecule has 136 valence electrons. The van der Waals surface area contributed by atoms with E-state index in [9.17, 15) is 13.2 Å². The summed E-state index contributed by atoms with van der Waals surface area (Å²) in [5, 5.41) is 5.55. The second-order valence-corrected chi connectivity index (χ2v) is 7.03. The number of nitrogens with one attached hydrogen (secondary N) is 2. The van der Waals surface area contributed by atoms with E-state index >= 15 is 0 Å². The van der Waals surface area contributed by atoms with Crippen molar-refractivity contribution in [2.45, 2.75) is 11.3 Å². The molecule has 3 rings (SSSR count). The maximum absolute atomic E-state index is 12.3.